The van der Waals surface area contributed by atoms with Gasteiger partial charge in [-0.1, -0.05) is 149 Å². The fourth-order valence-corrected chi connectivity index (χ4v) is 4.93. The molecule has 0 radical (unpaired) electrons. The van der Waals surface area contributed by atoms with Crippen LogP contribution in [0.3, 0.4) is 0 Å². The molecule has 5 nitrogen and oxygen atoms in total. The first kappa shape index (κ1) is 36.9. The Labute approximate surface area is 237 Å². The second-order valence-corrected chi connectivity index (χ2v) is 11.6. The van der Waals surface area contributed by atoms with Gasteiger partial charge in [-0.25, -0.2) is 0 Å². The van der Waals surface area contributed by atoms with Crippen LogP contribution >= 0.6 is 0 Å². The van der Waals surface area contributed by atoms with Gasteiger partial charge in [0.05, 0.1) is 0 Å². The van der Waals surface area contributed by atoms with Crippen molar-refractivity contribution >= 4 is 11.9 Å². The fraction of sp³-hybridized carbons (Fsp3) is 0.939. The van der Waals surface area contributed by atoms with Gasteiger partial charge < -0.3 is 10.1 Å². The molecule has 0 saturated heterocycles. The number of hydrogen-bond donors (Lipinski definition) is 1. The number of likely N-dealkylation sites (N-methyl/N-ethyl adjacent to an activating group) is 1. The Morgan fingerprint density at radius 3 is 1.34 bits per heavy atom. The molecular formula is C33H66N2O3. The number of carbonyl (C=O) groups excluding carboxylic acids is 2. The van der Waals surface area contributed by atoms with Crippen molar-refractivity contribution in [1.82, 2.24) is 10.2 Å². The molecule has 5 heteroatoms. The van der Waals surface area contributed by atoms with Crippen LogP contribution in [0, 0.1) is 0 Å². The van der Waals surface area contributed by atoms with Crippen molar-refractivity contribution in [3.8, 4) is 0 Å². The largest absolute Gasteiger partial charge is 0.463 e. The van der Waals surface area contributed by atoms with Gasteiger partial charge in [0.2, 0.25) is 5.91 Å². The molecule has 1 amide bonds. The summed E-state index contributed by atoms with van der Waals surface area (Å²) in [5, 5.41) is 3.04. The molecule has 0 bridgehead atoms. The lowest BCUT2D eigenvalue weighted by molar-refractivity contribution is -0.146. The maximum Gasteiger partial charge on any atom is 0.305 e. The number of amides is 1. The van der Waals surface area contributed by atoms with Crippen LogP contribution in [0.1, 0.15) is 168 Å². The number of ether oxygens (including phenoxy) is 1. The van der Waals surface area contributed by atoms with E-state index in [-0.39, 0.29) is 18.5 Å². The molecule has 38 heavy (non-hydrogen) atoms. The van der Waals surface area contributed by atoms with Gasteiger partial charge in [0.25, 0.3) is 0 Å². The molecule has 226 valence electrons. The normalized spacial score (nSPS) is 12.1. The molecule has 0 aliphatic carbocycles. The van der Waals surface area contributed by atoms with Gasteiger partial charge in [-0.3, -0.25) is 14.5 Å². The third-order valence-electron chi connectivity index (χ3n) is 7.64. The maximum atomic E-state index is 12.6. The lowest BCUT2D eigenvalue weighted by atomic mass is 10.1. The molecule has 0 unspecified atom stereocenters. The highest BCUT2D eigenvalue weighted by Crippen LogP contribution is 2.13. The Balaban J connectivity index is 3.70. The fourth-order valence-electron chi connectivity index (χ4n) is 4.93. The predicted molar refractivity (Wildman–Crippen MR) is 164 cm³/mol. The summed E-state index contributed by atoms with van der Waals surface area (Å²) in [4.78, 5) is 26.6. The Hall–Kier alpha value is -1.10. The summed E-state index contributed by atoms with van der Waals surface area (Å²) in [6, 6.07) is -0.423. The zero-order chi connectivity index (χ0) is 28.1. The Morgan fingerprint density at radius 2 is 0.947 bits per heavy atom. The summed E-state index contributed by atoms with van der Waals surface area (Å²) in [6.07, 6.45) is 30.1. The van der Waals surface area contributed by atoms with E-state index < -0.39 is 6.04 Å². The summed E-state index contributed by atoms with van der Waals surface area (Å²) >= 11 is 0. The monoisotopic (exact) mass is 539 g/mol. The first-order valence-corrected chi connectivity index (χ1v) is 16.6. The predicted octanol–water partition coefficient (Wildman–Crippen LogP) is 8.98. The molecular weight excluding hydrogens is 472 g/mol. The summed E-state index contributed by atoms with van der Waals surface area (Å²) in [6.45, 7) is 5.36. The van der Waals surface area contributed by atoms with Crippen molar-refractivity contribution < 1.29 is 14.3 Å². The summed E-state index contributed by atoms with van der Waals surface area (Å²) in [7, 11) is 3.73. The molecule has 0 fully saturated rings. The Kier molecular flexibility index (Phi) is 28.1. The minimum atomic E-state index is -0.423. The standard InChI is InChI=1S/C33H66N2O3/c1-5-7-9-11-13-15-17-19-21-23-25-27-29-34-33(37)31(35(3)4)30-38-32(36)28-26-24-22-20-18-16-14-12-10-8-6-2/h31H,5-30H2,1-4H3,(H,34,37)/t31-/m0/s1. The average Bonchev–Trinajstić information content (AvgIpc) is 2.89. The van der Waals surface area contributed by atoms with E-state index in [1.54, 1.807) is 0 Å². The van der Waals surface area contributed by atoms with E-state index in [1.807, 2.05) is 19.0 Å². The highest BCUT2D eigenvalue weighted by molar-refractivity contribution is 5.82. The highest BCUT2D eigenvalue weighted by Gasteiger charge is 2.22. The van der Waals surface area contributed by atoms with Crippen molar-refractivity contribution in [1.29, 1.82) is 0 Å². The molecule has 1 N–H and O–H groups in total. The maximum absolute atomic E-state index is 12.6. The van der Waals surface area contributed by atoms with E-state index in [9.17, 15) is 9.59 Å². The van der Waals surface area contributed by atoms with Crippen LogP contribution in [0.25, 0.3) is 0 Å². The number of carbonyl (C=O) groups is 2. The van der Waals surface area contributed by atoms with Gasteiger partial charge in [-0.2, -0.15) is 0 Å². The van der Waals surface area contributed by atoms with Crippen molar-refractivity contribution in [3.63, 3.8) is 0 Å². The smallest absolute Gasteiger partial charge is 0.305 e. The minimum absolute atomic E-state index is 0.0411. The van der Waals surface area contributed by atoms with Crippen LogP contribution in [-0.4, -0.2) is 50.1 Å². The molecule has 0 heterocycles. The van der Waals surface area contributed by atoms with E-state index in [2.05, 4.69) is 19.2 Å². The molecule has 0 saturated carbocycles. The average molecular weight is 539 g/mol. The van der Waals surface area contributed by atoms with E-state index in [0.717, 1.165) is 25.7 Å². The van der Waals surface area contributed by atoms with E-state index >= 15 is 0 Å². The number of nitrogens with zero attached hydrogens (tertiary/aromatic N) is 1. The Bertz CT molecular complexity index is 524. The highest BCUT2D eigenvalue weighted by atomic mass is 16.5. The van der Waals surface area contributed by atoms with Crippen LogP contribution in [-0.2, 0) is 14.3 Å². The van der Waals surface area contributed by atoms with Crippen molar-refractivity contribution in [3.05, 3.63) is 0 Å². The molecule has 0 aromatic carbocycles. The van der Waals surface area contributed by atoms with Crippen LogP contribution in [0.2, 0.25) is 0 Å². The molecule has 0 spiro atoms. The molecule has 1 atom stereocenters. The van der Waals surface area contributed by atoms with Crippen LogP contribution < -0.4 is 5.32 Å². The van der Waals surface area contributed by atoms with Gasteiger partial charge in [0, 0.05) is 13.0 Å². The first-order chi connectivity index (χ1) is 18.5. The topological polar surface area (TPSA) is 58.6 Å². The lowest BCUT2D eigenvalue weighted by Gasteiger charge is -2.23. The Morgan fingerprint density at radius 1 is 0.579 bits per heavy atom. The van der Waals surface area contributed by atoms with Crippen LogP contribution in [0.15, 0.2) is 0 Å². The zero-order valence-electron chi connectivity index (χ0n) is 26.1. The molecule has 0 rings (SSSR count). The quantitative estimate of drug-likeness (QED) is 0.0762. The van der Waals surface area contributed by atoms with Crippen molar-refractivity contribution in [2.24, 2.45) is 0 Å². The first-order valence-electron chi connectivity index (χ1n) is 16.6. The SMILES string of the molecule is CCCCCCCCCCCCCCNC(=O)[C@H](COC(=O)CCCCCCCCCCCCC)N(C)C. The number of hydrogen-bond acceptors (Lipinski definition) is 4. The number of nitrogens with one attached hydrogen (secondary N) is 1. The van der Waals surface area contributed by atoms with Crippen LogP contribution in [0.4, 0.5) is 0 Å². The van der Waals surface area contributed by atoms with Crippen molar-refractivity contribution in [2.45, 2.75) is 174 Å². The van der Waals surface area contributed by atoms with Gasteiger partial charge in [0.15, 0.2) is 0 Å². The van der Waals surface area contributed by atoms with Crippen molar-refractivity contribution in [2.75, 3.05) is 27.2 Å². The molecule has 0 aromatic heterocycles. The van der Waals surface area contributed by atoms with Gasteiger partial charge >= 0.3 is 5.97 Å². The number of rotatable bonds is 29. The summed E-state index contributed by atoms with van der Waals surface area (Å²) < 4.78 is 5.46. The second-order valence-electron chi connectivity index (χ2n) is 11.6. The third kappa shape index (κ3) is 25.2. The third-order valence-corrected chi connectivity index (χ3v) is 7.64. The lowest BCUT2D eigenvalue weighted by Crippen LogP contribution is -2.47. The van der Waals surface area contributed by atoms with Gasteiger partial charge in [-0.15, -0.1) is 0 Å². The summed E-state index contributed by atoms with van der Waals surface area (Å²) in [5.74, 6) is -0.220. The minimum Gasteiger partial charge on any atom is -0.463 e. The van der Waals surface area contributed by atoms with Gasteiger partial charge in [-0.05, 0) is 26.9 Å². The zero-order valence-corrected chi connectivity index (χ0v) is 26.1. The van der Waals surface area contributed by atoms with E-state index in [4.69, 9.17) is 4.74 Å². The molecule has 0 aromatic rings. The summed E-state index contributed by atoms with van der Waals surface area (Å²) in [5.41, 5.74) is 0. The van der Waals surface area contributed by atoms with E-state index in [0.29, 0.717) is 13.0 Å². The van der Waals surface area contributed by atoms with E-state index in [1.165, 1.54) is 122 Å². The second kappa shape index (κ2) is 28.9. The number of esters is 1. The molecule has 0 aliphatic rings. The molecule has 0 aliphatic heterocycles. The number of unbranched alkanes of at least 4 members (excludes halogenated alkanes) is 21. The van der Waals surface area contributed by atoms with Crippen LogP contribution in [0.5, 0.6) is 0 Å². The van der Waals surface area contributed by atoms with Gasteiger partial charge in [0.1, 0.15) is 12.6 Å².